The molecule has 2 rings (SSSR count). The van der Waals surface area contributed by atoms with Crippen molar-refractivity contribution < 1.29 is 4.74 Å². The molecular formula is C15H19NO. The second-order valence-corrected chi connectivity index (χ2v) is 4.34. The molecule has 0 aromatic heterocycles. The second kappa shape index (κ2) is 5.75. The van der Waals surface area contributed by atoms with Crippen LogP contribution in [0, 0.1) is 18.8 Å². The fourth-order valence-corrected chi connectivity index (χ4v) is 2.24. The Labute approximate surface area is 103 Å². The van der Waals surface area contributed by atoms with Gasteiger partial charge in [-0.15, -0.1) is 5.92 Å². The Morgan fingerprint density at radius 2 is 2.35 bits per heavy atom. The van der Waals surface area contributed by atoms with E-state index in [9.17, 15) is 0 Å². The Kier molecular flexibility index (Phi) is 4.06. The third-order valence-electron chi connectivity index (χ3n) is 3.11. The van der Waals surface area contributed by atoms with Gasteiger partial charge in [-0.2, -0.15) is 0 Å². The lowest BCUT2D eigenvalue weighted by atomic mass is 10.00. The zero-order chi connectivity index (χ0) is 12.1. The second-order valence-electron chi connectivity index (χ2n) is 4.34. The molecule has 1 aliphatic rings. The Morgan fingerprint density at radius 1 is 1.47 bits per heavy atom. The molecule has 0 spiro atoms. The van der Waals surface area contributed by atoms with Crippen molar-refractivity contribution in [3.63, 3.8) is 0 Å². The van der Waals surface area contributed by atoms with Crippen molar-refractivity contribution in [2.24, 2.45) is 0 Å². The lowest BCUT2D eigenvalue weighted by Crippen LogP contribution is -2.21. The molecule has 1 atom stereocenters. The van der Waals surface area contributed by atoms with Gasteiger partial charge in [0.05, 0.1) is 13.2 Å². The molecule has 0 bridgehead atoms. The van der Waals surface area contributed by atoms with Crippen molar-refractivity contribution in [1.29, 1.82) is 0 Å². The average Bonchev–Trinajstić information content (AvgIpc) is 2.54. The lowest BCUT2D eigenvalue weighted by Gasteiger charge is -2.18. The summed E-state index contributed by atoms with van der Waals surface area (Å²) in [5.41, 5.74) is 2.50. The summed E-state index contributed by atoms with van der Waals surface area (Å²) in [6.07, 6.45) is 2.20. The Balaban J connectivity index is 2.22. The van der Waals surface area contributed by atoms with Crippen molar-refractivity contribution in [2.45, 2.75) is 32.7 Å². The Morgan fingerprint density at radius 3 is 3.18 bits per heavy atom. The van der Waals surface area contributed by atoms with Crippen LogP contribution in [0.1, 0.15) is 36.9 Å². The summed E-state index contributed by atoms with van der Waals surface area (Å²) in [5, 5.41) is 3.49. The van der Waals surface area contributed by atoms with Crippen LogP contribution in [-0.4, -0.2) is 13.2 Å². The standard InChI is InChI=1S/C15H19NO/c1-3-4-10-16-14-9-6-11-17-15-12(2)7-5-8-13(14)15/h5,7-8,14,16H,6,9-11H2,1-2H3. The van der Waals surface area contributed by atoms with Crippen LogP contribution in [0.5, 0.6) is 5.75 Å². The van der Waals surface area contributed by atoms with Gasteiger partial charge in [0, 0.05) is 11.6 Å². The SMILES string of the molecule is CC#CCNC1CCCOc2c(C)cccc21. The van der Waals surface area contributed by atoms with E-state index in [1.807, 2.05) is 6.92 Å². The molecule has 1 aromatic carbocycles. The largest absolute Gasteiger partial charge is 0.493 e. The molecule has 0 saturated heterocycles. The number of hydrogen-bond acceptors (Lipinski definition) is 2. The molecule has 1 heterocycles. The monoisotopic (exact) mass is 229 g/mol. The van der Waals surface area contributed by atoms with Gasteiger partial charge in [-0.1, -0.05) is 24.1 Å². The van der Waals surface area contributed by atoms with Gasteiger partial charge < -0.3 is 4.74 Å². The van der Waals surface area contributed by atoms with Gasteiger partial charge in [0.1, 0.15) is 5.75 Å². The van der Waals surface area contributed by atoms with Crippen LogP contribution in [0.3, 0.4) is 0 Å². The number of fused-ring (bicyclic) bond motifs is 1. The van der Waals surface area contributed by atoms with Crippen LogP contribution >= 0.6 is 0 Å². The van der Waals surface area contributed by atoms with Crippen molar-refractivity contribution in [2.75, 3.05) is 13.2 Å². The number of para-hydroxylation sites is 1. The maximum atomic E-state index is 5.84. The first-order valence-electron chi connectivity index (χ1n) is 6.18. The van der Waals surface area contributed by atoms with Crippen LogP contribution < -0.4 is 10.1 Å². The van der Waals surface area contributed by atoms with Crippen LogP contribution in [0.4, 0.5) is 0 Å². The highest BCUT2D eigenvalue weighted by Gasteiger charge is 2.19. The van der Waals surface area contributed by atoms with Gasteiger partial charge >= 0.3 is 0 Å². The van der Waals surface area contributed by atoms with Gasteiger partial charge in [0.15, 0.2) is 0 Å². The maximum Gasteiger partial charge on any atom is 0.126 e. The van der Waals surface area contributed by atoms with Gasteiger partial charge in [-0.3, -0.25) is 5.32 Å². The zero-order valence-electron chi connectivity index (χ0n) is 10.5. The molecule has 17 heavy (non-hydrogen) atoms. The summed E-state index contributed by atoms with van der Waals surface area (Å²) in [7, 11) is 0. The van der Waals surface area contributed by atoms with E-state index in [0.29, 0.717) is 6.04 Å². The van der Waals surface area contributed by atoms with Crippen LogP contribution in [0.2, 0.25) is 0 Å². The fraction of sp³-hybridized carbons (Fsp3) is 0.467. The molecule has 1 N–H and O–H groups in total. The number of benzene rings is 1. The molecule has 90 valence electrons. The van der Waals surface area contributed by atoms with E-state index < -0.39 is 0 Å². The fourth-order valence-electron chi connectivity index (χ4n) is 2.24. The summed E-state index contributed by atoms with van der Waals surface area (Å²) in [4.78, 5) is 0. The summed E-state index contributed by atoms with van der Waals surface area (Å²) in [6, 6.07) is 6.73. The summed E-state index contributed by atoms with van der Waals surface area (Å²) in [5.74, 6) is 7.04. The van der Waals surface area contributed by atoms with E-state index in [1.54, 1.807) is 0 Å². The molecule has 2 heteroatoms. The highest BCUT2D eigenvalue weighted by Crippen LogP contribution is 2.33. The van der Waals surface area contributed by atoms with Crippen LogP contribution in [0.15, 0.2) is 18.2 Å². The topological polar surface area (TPSA) is 21.3 Å². The Hall–Kier alpha value is -1.46. The molecule has 1 unspecified atom stereocenters. The zero-order valence-corrected chi connectivity index (χ0v) is 10.5. The van der Waals surface area contributed by atoms with Gasteiger partial charge in [0.2, 0.25) is 0 Å². The van der Waals surface area contributed by atoms with E-state index in [0.717, 1.165) is 31.7 Å². The number of hydrogen-bond donors (Lipinski definition) is 1. The van der Waals surface area contributed by atoms with E-state index >= 15 is 0 Å². The maximum absolute atomic E-state index is 5.84. The smallest absolute Gasteiger partial charge is 0.126 e. The first kappa shape index (κ1) is 12.0. The van der Waals surface area contributed by atoms with Crippen LogP contribution in [-0.2, 0) is 0 Å². The molecule has 0 aliphatic carbocycles. The predicted octanol–water partition coefficient (Wildman–Crippen LogP) is 2.82. The average molecular weight is 229 g/mol. The van der Waals surface area contributed by atoms with Crippen molar-refractivity contribution in [3.05, 3.63) is 29.3 Å². The van der Waals surface area contributed by atoms with Gasteiger partial charge in [0.25, 0.3) is 0 Å². The third-order valence-corrected chi connectivity index (χ3v) is 3.11. The molecule has 2 nitrogen and oxygen atoms in total. The first-order chi connectivity index (χ1) is 8.33. The molecular weight excluding hydrogens is 210 g/mol. The molecule has 0 fully saturated rings. The number of rotatable bonds is 2. The minimum absolute atomic E-state index is 0.369. The lowest BCUT2D eigenvalue weighted by molar-refractivity contribution is 0.313. The third kappa shape index (κ3) is 2.81. The Bertz CT molecular complexity index is 442. The van der Waals surface area contributed by atoms with Gasteiger partial charge in [-0.05, 0) is 32.3 Å². The molecule has 1 aromatic rings. The summed E-state index contributed by atoms with van der Waals surface area (Å²) < 4.78 is 5.84. The highest BCUT2D eigenvalue weighted by molar-refractivity contribution is 5.43. The van der Waals surface area contributed by atoms with Gasteiger partial charge in [-0.25, -0.2) is 0 Å². The number of ether oxygens (including phenoxy) is 1. The molecule has 1 aliphatic heterocycles. The molecule has 0 saturated carbocycles. The van der Waals surface area contributed by atoms with E-state index in [4.69, 9.17) is 4.74 Å². The van der Waals surface area contributed by atoms with Crippen molar-refractivity contribution in [3.8, 4) is 17.6 Å². The number of nitrogens with one attached hydrogen (secondary N) is 1. The molecule has 0 radical (unpaired) electrons. The highest BCUT2D eigenvalue weighted by atomic mass is 16.5. The summed E-state index contributed by atoms with van der Waals surface area (Å²) in [6.45, 7) is 5.53. The van der Waals surface area contributed by atoms with E-state index in [2.05, 4.69) is 42.3 Å². The summed E-state index contributed by atoms with van der Waals surface area (Å²) >= 11 is 0. The van der Waals surface area contributed by atoms with E-state index in [1.165, 1.54) is 11.1 Å². The quantitative estimate of drug-likeness (QED) is 0.787. The normalized spacial score (nSPS) is 18.4. The van der Waals surface area contributed by atoms with E-state index in [-0.39, 0.29) is 0 Å². The molecule has 0 amide bonds. The minimum atomic E-state index is 0.369. The van der Waals surface area contributed by atoms with Crippen molar-refractivity contribution in [1.82, 2.24) is 5.32 Å². The minimum Gasteiger partial charge on any atom is -0.493 e. The number of aryl methyl sites for hydroxylation is 1. The predicted molar refractivity (Wildman–Crippen MR) is 70.1 cm³/mol. The van der Waals surface area contributed by atoms with Crippen molar-refractivity contribution >= 4 is 0 Å². The first-order valence-corrected chi connectivity index (χ1v) is 6.18. The van der Waals surface area contributed by atoms with Crippen LogP contribution in [0.25, 0.3) is 0 Å².